The summed E-state index contributed by atoms with van der Waals surface area (Å²) >= 11 is 0. The fraction of sp³-hybridized carbons (Fsp3) is 0.381. The largest absolute Gasteiger partial charge is 0.489 e. The van der Waals surface area contributed by atoms with Crippen LogP contribution >= 0.6 is 0 Å². The van der Waals surface area contributed by atoms with Crippen molar-refractivity contribution in [3.63, 3.8) is 0 Å². The molecule has 1 aliphatic rings. The number of nitrogens with one attached hydrogen (secondary N) is 1. The highest BCUT2D eigenvalue weighted by Crippen LogP contribution is 2.25. The lowest BCUT2D eigenvalue weighted by molar-refractivity contribution is -0.115. The van der Waals surface area contributed by atoms with E-state index in [0.29, 0.717) is 12.2 Å². The number of rotatable bonds is 6. The topological polar surface area (TPSA) is 41.6 Å². The molecule has 2 aromatic rings. The fourth-order valence-corrected chi connectivity index (χ4v) is 3.11. The minimum Gasteiger partial charge on any atom is -0.489 e. The van der Waals surface area contributed by atoms with Crippen molar-refractivity contribution in [3.8, 4) is 5.75 Å². The normalized spacial score (nSPS) is 14.0. The lowest BCUT2D eigenvalue weighted by Gasteiger charge is -2.18. The third-order valence-electron chi connectivity index (χ3n) is 4.30. The third-order valence-corrected chi connectivity index (χ3v) is 4.30. The van der Waals surface area contributed by atoms with Gasteiger partial charge in [0.15, 0.2) is 0 Å². The van der Waals surface area contributed by atoms with E-state index in [0.717, 1.165) is 24.3 Å². The second-order valence-electron chi connectivity index (χ2n) is 6.75. The van der Waals surface area contributed by atoms with E-state index in [1.165, 1.54) is 18.5 Å². The number of hydrogen-bond acceptors (Lipinski definition) is 3. The Hall–Kier alpha value is -2.49. The van der Waals surface area contributed by atoms with Gasteiger partial charge in [0.2, 0.25) is 5.91 Å². The maximum atomic E-state index is 12.4. The first-order valence-electron chi connectivity index (χ1n) is 9.01. The quantitative estimate of drug-likeness (QED) is 0.856. The Balaban J connectivity index is 1.61. The SMILES string of the molecule is CC(C)Oc1ccccc1NC(=O)Cc1ccc(N2CCCC2)cc1. The molecule has 0 spiro atoms. The van der Waals surface area contributed by atoms with Crippen LogP contribution in [0.5, 0.6) is 5.75 Å². The first kappa shape index (κ1) is 17.3. The fourth-order valence-electron chi connectivity index (χ4n) is 3.11. The van der Waals surface area contributed by atoms with Crippen LogP contribution in [0.2, 0.25) is 0 Å². The second kappa shape index (κ2) is 8.06. The van der Waals surface area contributed by atoms with Gasteiger partial charge in [0.05, 0.1) is 18.2 Å². The highest BCUT2D eigenvalue weighted by Gasteiger charge is 2.13. The molecule has 1 saturated heterocycles. The summed E-state index contributed by atoms with van der Waals surface area (Å²) in [5.41, 5.74) is 2.98. The molecule has 0 aliphatic carbocycles. The van der Waals surface area contributed by atoms with E-state index in [9.17, 15) is 4.79 Å². The van der Waals surface area contributed by atoms with Gasteiger partial charge in [-0.3, -0.25) is 4.79 Å². The number of carbonyl (C=O) groups is 1. The first-order valence-corrected chi connectivity index (χ1v) is 9.01. The third kappa shape index (κ3) is 4.75. The number of benzene rings is 2. The molecule has 1 amide bonds. The van der Waals surface area contributed by atoms with Gasteiger partial charge in [-0.2, -0.15) is 0 Å². The average Bonchev–Trinajstić information content (AvgIpc) is 3.11. The highest BCUT2D eigenvalue weighted by atomic mass is 16.5. The number of carbonyl (C=O) groups excluding carboxylic acids is 1. The summed E-state index contributed by atoms with van der Waals surface area (Å²) in [6.45, 7) is 6.21. The van der Waals surface area contributed by atoms with E-state index >= 15 is 0 Å². The van der Waals surface area contributed by atoms with Crippen molar-refractivity contribution in [1.82, 2.24) is 0 Å². The Kier molecular flexibility index (Phi) is 5.59. The maximum Gasteiger partial charge on any atom is 0.228 e. The molecule has 3 rings (SSSR count). The van der Waals surface area contributed by atoms with Crippen LogP contribution in [0.1, 0.15) is 32.3 Å². The molecule has 0 aromatic heterocycles. The summed E-state index contributed by atoms with van der Waals surface area (Å²) < 4.78 is 5.75. The molecule has 25 heavy (non-hydrogen) atoms. The molecular weight excluding hydrogens is 312 g/mol. The summed E-state index contributed by atoms with van der Waals surface area (Å²) in [4.78, 5) is 14.8. The summed E-state index contributed by atoms with van der Waals surface area (Å²) in [7, 11) is 0. The standard InChI is InChI=1S/C21H26N2O2/c1-16(2)25-20-8-4-3-7-19(20)22-21(24)15-17-9-11-18(12-10-17)23-13-5-6-14-23/h3-4,7-12,16H,5-6,13-15H2,1-2H3,(H,22,24). The van der Waals surface area contributed by atoms with Gasteiger partial charge in [-0.1, -0.05) is 24.3 Å². The van der Waals surface area contributed by atoms with Crippen LogP contribution in [-0.4, -0.2) is 25.1 Å². The highest BCUT2D eigenvalue weighted by molar-refractivity contribution is 5.93. The Morgan fingerprint density at radius 3 is 2.44 bits per heavy atom. The summed E-state index contributed by atoms with van der Waals surface area (Å²) in [5, 5.41) is 2.96. The Bertz CT molecular complexity index is 704. The monoisotopic (exact) mass is 338 g/mol. The molecule has 1 fully saturated rings. The number of ether oxygens (including phenoxy) is 1. The van der Waals surface area contributed by atoms with Crippen molar-refractivity contribution in [2.24, 2.45) is 0 Å². The van der Waals surface area contributed by atoms with E-state index < -0.39 is 0 Å². The van der Waals surface area contributed by atoms with E-state index in [2.05, 4.69) is 22.3 Å². The first-order chi connectivity index (χ1) is 12.1. The Morgan fingerprint density at radius 2 is 1.76 bits per heavy atom. The van der Waals surface area contributed by atoms with Gasteiger partial charge in [0.1, 0.15) is 5.75 Å². The van der Waals surface area contributed by atoms with Gasteiger partial charge in [-0.25, -0.2) is 0 Å². The maximum absolute atomic E-state index is 12.4. The number of hydrogen-bond donors (Lipinski definition) is 1. The molecule has 1 heterocycles. The zero-order valence-corrected chi connectivity index (χ0v) is 15.0. The minimum absolute atomic E-state index is 0.0336. The summed E-state index contributed by atoms with van der Waals surface area (Å²) in [5.74, 6) is 0.670. The predicted octanol–water partition coefficient (Wildman–Crippen LogP) is 4.26. The summed E-state index contributed by atoms with van der Waals surface area (Å²) in [6.07, 6.45) is 2.96. The number of amides is 1. The van der Waals surface area contributed by atoms with Gasteiger partial charge >= 0.3 is 0 Å². The van der Waals surface area contributed by atoms with Crippen molar-refractivity contribution in [3.05, 3.63) is 54.1 Å². The van der Waals surface area contributed by atoms with Crippen molar-refractivity contribution in [2.45, 2.75) is 39.2 Å². The van der Waals surface area contributed by atoms with Crippen molar-refractivity contribution < 1.29 is 9.53 Å². The van der Waals surface area contributed by atoms with Crippen molar-refractivity contribution >= 4 is 17.3 Å². The zero-order valence-electron chi connectivity index (χ0n) is 15.0. The molecule has 4 nitrogen and oxygen atoms in total. The van der Waals surface area contributed by atoms with Crippen LogP contribution in [0.25, 0.3) is 0 Å². The van der Waals surface area contributed by atoms with E-state index in [4.69, 9.17) is 4.74 Å². The molecule has 0 unspecified atom stereocenters. The molecular formula is C21H26N2O2. The molecule has 4 heteroatoms. The predicted molar refractivity (Wildman–Crippen MR) is 102 cm³/mol. The van der Waals surface area contributed by atoms with Crippen molar-refractivity contribution in [2.75, 3.05) is 23.3 Å². The molecule has 0 radical (unpaired) electrons. The van der Waals surface area contributed by atoms with Crippen LogP contribution in [0.4, 0.5) is 11.4 Å². The lowest BCUT2D eigenvalue weighted by Crippen LogP contribution is -2.18. The molecule has 1 N–H and O–H groups in total. The van der Waals surface area contributed by atoms with Crippen LogP contribution in [0, 0.1) is 0 Å². The lowest BCUT2D eigenvalue weighted by atomic mass is 10.1. The summed E-state index contributed by atoms with van der Waals surface area (Å²) in [6, 6.07) is 15.9. The van der Waals surface area contributed by atoms with Crippen LogP contribution < -0.4 is 15.0 Å². The van der Waals surface area contributed by atoms with E-state index in [1.807, 2.05) is 50.2 Å². The van der Waals surface area contributed by atoms with Gasteiger partial charge < -0.3 is 15.0 Å². The molecule has 2 aromatic carbocycles. The van der Waals surface area contributed by atoms with Gasteiger partial charge in [0, 0.05) is 18.8 Å². The minimum atomic E-state index is -0.0336. The van der Waals surface area contributed by atoms with Crippen LogP contribution in [-0.2, 0) is 11.2 Å². The van der Waals surface area contributed by atoms with E-state index in [-0.39, 0.29) is 12.0 Å². The van der Waals surface area contributed by atoms with Gasteiger partial charge in [-0.05, 0) is 56.5 Å². The molecule has 132 valence electrons. The van der Waals surface area contributed by atoms with Crippen LogP contribution in [0.15, 0.2) is 48.5 Å². The smallest absolute Gasteiger partial charge is 0.228 e. The molecule has 0 atom stereocenters. The second-order valence-corrected chi connectivity index (χ2v) is 6.75. The van der Waals surface area contributed by atoms with Gasteiger partial charge in [0.25, 0.3) is 0 Å². The van der Waals surface area contributed by atoms with Crippen molar-refractivity contribution in [1.29, 1.82) is 0 Å². The zero-order chi connectivity index (χ0) is 17.6. The number of para-hydroxylation sites is 2. The number of anilines is 2. The molecule has 0 bridgehead atoms. The Morgan fingerprint density at radius 1 is 1.08 bits per heavy atom. The van der Waals surface area contributed by atoms with E-state index in [1.54, 1.807) is 0 Å². The number of nitrogens with zero attached hydrogens (tertiary/aromatic N) is 1. The van der Waals surface area contributed by atoms with Gasteiger partial charge in [-0.15, -0.1) is 0 Å². The Labute approximate surface area is 149 Å². The molecule has 0 saturated carbocycles. The average molecular weight is 338 g/mol. The van der Waals surface area contributed by atoms with Crippen LogP contribution in [0.3, 0.4) is 0 Å². The molecule has 1 aliphatic heterocycles.